The summed E-state index contributed by atoms with van der Waals surface area (Å²) in [6.45, 7) is 2.06. The Morgan fingerprint density at radius 2 is 2.18 bits per heavy atom. The van der Waals surface area contributed by atoms with Crippen LogP contribution in [-0.2, 0) is 0 Å². The number of rotatable bonds is 2. The van der Waals surface area contributed by atoms with Crippen LogP contribution < -0.4 is 4.74 Å². The summed E-state index contributed by atoms with van der Waals surface area (Å²) in [6, 6.07) is 4.24. The molecule has 0 unspecified atom stereocenters. The summed E-state index contributed by atoms with van der Waals surface area (Å²) in [5.74, 6) is -0.853. The molecular weight excluding hydrogens is 225 g/mol. The minimum atomic E-state index is -0.867. The number of nitrogens with zero attached hydrogens (tertiary/aromatic N) is 1. The van der Waals surface area contributed by atoms with Crippen molar-refractivity contribution in [2.75, 3.05) is 20.2 Å². The summed E-state index contributed by atoms with van der Waals surface area (Å²) < 4.78 is 18.6. The number of benzene rings is 1. The Morgan fingerprint density at radius 1 is 1.53 bits per heavy atom. The van der Waals surface area contributed by atoms with Crippen molar-refractivity contribution in [1.29, 1.82) is 0 Å². The van der Waals surface area contributed by atoms with Gasteiger partial charge in [-0.25, -0.2) is 4.39 Å². The molecule has 2 rings (SSSR count). The zero-order valence-corrected chi connectivity index (χ0v) is 9.74. The van der Waals surface area contributed by atoms with Gasteiger partial charge in [-0.2, -0.15) is 0 Å². The SMILES string of the molecule is COc1cccc(F)c1C(=O)N1CC(C)(O)C1. The van der Waals surface area contributed by atoms with Crippen LogP contribution >= 0.6 is 0 Å². The number of aliphatic hydroxyl groups is 1. The Hall–Kier alpha value is -1.62. The molecule has 5 heteroatoms. The number of methoxy groups -OCH3 is 1. The average Bonchev–Trinajstić information content (AvgIpc) is 2.24. The average molecular weight is 239 g/mol. The molecule has 0 spiro atoms. The van der Waals surface area contributed by atoms with Gasteiger partial charge >= 0.3 is 0 Å². The van der Waals surface area contributed by atoms with E-state index in [0.717, 1.165) is 0 Å². The number of halogens is 1. The van der Waals surface area contributed by atoms with Crippen molar-refractivity contribution in [2.24, 2.45) is 0 Å². The van der Waals surface area contributed by atoms with Crippen LogP contribution in [0.2, 0.25) is 0 Å². The summed E-state index contributed by atoms with van der Waals surface area (Å²) in [4.78, 5) is 13.4. The first-order valence-electron chi connectivity index (χ1n) is 5.29. The first-order valence-corrected chi connectivity index (χ1v) is 5.29. The van der Waals surface area contributed by atoms with E-state index in [1.54, 1.807) is 6.92 Å². The fraction of sp³-hybridized carbons (Fsp3) is 0.417. The maximum absolute atomic E-state index is 13.6. The summed E-state index contributed by atoms with van der Waals surface area (Å²) in [5, 5.41) is 9.56. The zero-order valence-electron chi connectivity index (χ0n) is 9.74. The molecule has 1 aromatic rings. The van der Waals surface area contributed by atoms with Crippen LogP contribution in [0.15, 0.2) is 18.2 Å². The molecule has 92 valence electrons. The molecule has 1 aromatic carbocycles. The molecule has 1 aliphatic heterocycles. The third-order valence-corrected chi connectivity index (χ3v) is 2.76. The predicted molar refractivity (Wildman–Crippen MR) is 59.5 cm³/mol. The Bertz CT molecular complexity index is 451. The van der Waals surface area contributed by atoms with Crippen LogP contribution in [0.4, 0.5) is 4.39 Å². The quantitative estimate of drug-likeness (QED) is 0.839. The second kappa shape index (κ2) is 4.00. The number of hydrogen-bond donors (Lipinski definition) is 1. The highest BCUT2D eigenvalue weighted by Crippen LogP contribution is 2.27. The Morgan fingerprint density at radius 3 is 2.71 bits per heavy atom. The first kappa shape index (κ1) is 11.9. The van der Waals surface area contributed by atoms with Gasteiger partial charge in [0.25, 0.3) is 5.91 Å². The van der Waals surface area contributed by atoms with Crippen molar-refractivity contribution in [2.45, 2.75) is 12.5 Å². The first-order chi connectivity index (χ1) is 7.94. The van der Waals surface area contributed by atoms with Crippen molar-refractivity contribution in [3.8, 4) is 5.75 Å². The fourth-order valence-electron chi connectivity index (χ4n) is 1.96. The molecular formula is C12H14FNO3. The lowest BCUT2D eigenvalue weighted by Gasteiger charge is -2.44. The van der Waals surface area contributed by atoms with Gasteiger partial charge in [0.05, 0.1) is 25.8 Å². The van der Waals surface area contributed by atoms with Gasteiger partial charge in [0.2, 0.25) is 0 Å². The molecule has 0 bridgehead atoms. The van der Waals surface area contributed by atoms with Gasteiger partial charge in [-0.1, -0.05) is 6.07 Å². The number of hydrogen-bond acceptors (Lipinski definition) is 3. The molecule has 0 aromatic heterocycles. The number of carbonyl (C=O) groups is 1. The number of ether oxygens (including phenoxy) is 1. The van der Waals surface area contributed by atoms with Gasteiger partial charge in [-0.05, 0) is 19.1 Å². The van der Waals surface area contributed by atoms with E-state index in [4.69, 9.17) is 4.74 Å². The second-order valence-corrected chi connectivity index (χ2v) is 4.48. The zero-order chi connectivity index (χ0) is 12.6. The molecule has 0 radical (unpaired) electrons. The van der Waals surface area contributed by atoms with Gasteiger partial charge in [0.1, 0.15) is 17.1 Å². The molecule has 1 amide bonds. The highest BCUT2D eigenvalue weighted by Gasteiger charge is 2.41. The molecule has 1 saturated heterocycles. The van der Waals surface area contributed by atoms with Gasteiger partial charge < -0.3 is 14.7 Å². The van der Waals surface area contributed by atoms with Gasteiger partial charge in [-0.15, -0.1) is 0 Å². The van der Waals surface area contributed by atoms with E-state index in [9.17, 15) is 14.3 Å². The van der Waals surface area contributed by atoms with Crippen LogP contribution in [-0.4, -0.2) is 41.7 Å². The minimum absolute atomic E-state index is 0.0782. The molecule has 1 N–H and O–H groups in total. The summed E-state index contributed by atoms with van der Waals surface area (Å²) >= 11 is 0. The Balaban J connectivity index is 2.26. The summed E-state index contributed by atoms with van der Waals surface area (Å²) in [6.07, 6.45) is 0. The molecule has 0 saturated carbocycles. The highest BCUT2D eigenvalue weighted by atomic mass is 19.1. The van der Waals surface area contributed by atoms with Crippen LogP contribution in [0.25, 0.3) is 0 Å². The number of amides is 1. The van der Waals surface area contributed by atoms with Crippen LogP contribution in [0.5, 0.6) is 5.75 Å². The lowest BCUT2D eigenvalue weighted by atomic mass is 9.95. The van der Waals surface area contributed by atoms with Gasteiger partial charge in [0, 0.05) is 0 Å². The molecule has 0 atom stereocenters. The molecule has 0 aliphatic carbocycles. The van der Waals surface area contributed by atoms with Crippen LogP contribution in [0, 0.1) is 5.82 Å². The molecule has 1 fully saturated rings. The number of β-amino-alcohol motifs (C(OH)–C–C–N with tert-alkyl or cyclic N) is 1. The van der Waals surface area contributed by atoms with E-state index in [-0.39, 0.29) is 24.4 Å². The van der Waals surface area contributed by atoms with Gasteiger partial charge in [-0.3, -0.25) is 4.79 Å². The molecule has 4 nitrogen and oxygen atoms in total. The molecule has 1 heterocycles. The van der Waals surface area contributed by atoms with E-state index in [1.165, 1.54) is 30.2 Å². The lowest BCUT2D eigenvalue weighted by molar-refractivity contribution is -0.0671. The smallest absolute Gasteiger partial charge is 0.260 e. The van der Waals surface area contributed by atoms with Crippen LogP contribution in [0.3, 0.4) is 0 Å². The second-order valence-electron chi connectivity index (χ2n) is 4.48. The van der Waals surface area contributed by atoms with E-state index in [1.807, 2.05) is 0 Å². The normalized spacial score (nSPS) is 17.5. The summed E-state index contributed by atoms with van der Waals surface area (Å²) in [5.41, 5.74) is -0.945. The van der Waals surface area contributed by atoms with E-state index in [2.05, 4.69) is 0 Å². The lowest BCUT2D eigenvalue weighted by Crippen LogP contribution is -2.61. The Kier molecular flexibility index (Phi) is 2.79. The third kappa shape index (κ3) is 2.10. The van der Waals surface area contributed by atoms with Crippen LogP contribution in [0.1, 0.15) is 17.3 Å². The monoisotopic (exact) mass is 239 g/mol. The predicted octanol–water partition coefficient (Wildman–Crippen LogP) is 1.04. The molecule has 17 heavy (non-hydrogen) atoms. The Labute approximate surface area is 98.6 Å². The van der Waals surface area contributed by atoms with E-state index >= 15 is 0 Å². The van der Waals surface area contributed by atoms with E-state index in [0.29, 0.717) is 0 Å². The van der Waals surface area contributed by atoms with Crippen molar-refractivity contribution in [3.05, 3.63) is 29.6 Å². The van der Waals surface area contributed by atoms with Crippen molar-refractivity contribution < 1.29 is 19.0 Å². The largest absolute Gasteiger partial charge is 0.496 e. The number of likely N-dealkylation sites (tertiary alicyclic amines) is 1. The van der Waals surface area contributed by atoms with E-state index < -0.39 is 17.3 Å². The van der Waals surface area contributed by atoms with Crippen molar-refractivity contribution in [1.82, 2.24) is 4.90 Å². The molecule has 1 aliphatic rings. The van der Waals surface area contributed by atoms with Gasteiger partial charge in [0.15, 0.2) is 0 Å². The highest BCUT2D eigenvalue weighted by molar-refractivity contribution is 5.97. The topological polar surface area (TPSA) is 49.8 Å². The number of carbonyl (C=O) groups excluding carboxylic acids is 1. The minimum Gasteiger partial charge on any atom is -0.496 e. The third-order valence-electron chi connectivity index (χ3n) is 2.76. The van der Waals surface area contributed by atoms with Crippen molar-refractivity contribution in [3.63, 3.8) is 0 Å². The summed E-state index contributed by atoms with van der Waals surface area (Å²) in [7, 11) is 1.39. The maximum atomic E-state index is 13.6. The maximum Gasteiger partial charge on any atom is 0.260 e. The fourth-order valence-corrected chi connectivity index (χ4v) is 1.96. The standard InChI is InChI=1S/C12H14FNO3/c1-12(16)6-14(7-12)11(15)10-8(13)4-3-5-9(10)17-2/h3-5,16H,6-7H2,1-2H3. The van der Waals surface area contributed by atoms with Crippen molar-refractivity contribution >= 4 is 5.91 Å².